The van der Waals surface area contributed by atoms with Gasteiger partial charge in [0.05, 0.1) is 32.5 Å². The first-order valence-electron chi connectivity index (χ1n) is 15.2. The maximum Gasteiger partial charge on any atom is 0.186 e. The Hall–Kier alpha value is -2.62. The Morgan fingerprint density at radius 3 is 1.74 bits per heavy atom. The molecule has 2 aliphatic rings. The summed E-state index contributed by atoms with van der Waals surface area (Å²) in [6.07, 6.45) is 0.825. The fourth-order valence-corrected chi connectivity index (χ4v) is 5.86. The highest BCUT2D eigenvalue weighted by atomic mass is 16.7. The van der Waals surface area contributed by atoms with Gasteiger partial charge in [0.1, 0.15) is 24.4 Å². The van der Waals surface area contributed by atoms with Crippen molar-refractivity contribution in [3.63, 3.8) is 0 Å². The molecular formula is C35H44O7. The molecule has 3 aromatic rings. The first-order valence-corrected chi connectivity index (χ1v) is 15.2. The summed E-state index contributed by atoms with van der Waals surface area (Å²) in [5.41, 5.74) is 3.10. The minimum absolute atomic E-state index is 0.0259. The second-order valence-corrected chi connectivity index (χ2v) is 11.3. The Morgan fingerprint density at radius 1 is 0.667 bits per heavy atom. The molecule has 0 aromatic heterocycles. The van der Waals surface area contributed by atoms with E-state index in [1.54, 1.807) is 0 Å². The number of benzene rings is 3. The van der Waals surface area contributed by atoms with Crippen molar-refractivity contribution < 1.29 is 33.9 Å². The number of hydrogen-bond donors (Lipinski definition) is 2. The summed E-state index contributed by atoms with van der Waals surface area (Å²) in [6.45, 7) is 1.59. The molecule has 1 heterocycles. The van der Waals surface area contributed by atoms with Gasteiger partial charge in [-0.1, -0.05) is 91.0 Å². The minimum Gasteiger partial charge on any atom is -0.396 e. The Labute approximate surface area is 249 Å². The van der Waals surface area contributed by atoms with E-state index in [2.05, 4.69) is 0 Å². The summed E-state index contributed by atoms with van der Waals surface area (Å²) in [6, 6.07) is 29.9. The maximum atomic E-state index is 11.6. The lowest BCUT2D eigenvalue weighted by molar-refractivity contribution is -0.329. The van der Waals surface area contributed by atoms with Crippen LogP contribution in [0.3, 0.4) is 0 Å². The molecular weight excluding hydrogens is 532 g/mol. The van der Waals surface area contributed by atoms with Crippen molar-refractivity contribution in [1.82, 2.24) is 0 Å². The van der Waals surface area contributed by atoms with Gasteiger partial charge < -0.3 is 33.9 Å². The molecule has 1 saturated heterocycles. The molecule has 2 fully saturated rings. The lowest BCUT2D eigenvalue weighted by Gasteiger charge is -2.45. The van der Waals surface area contributed by atoms with Gasteiger partial charge >= 0.3 is 0 Å². The van der Waals surface area contributed by atoms with Crippen LogP contribution in [0, 0.1) is 5.92 Å². The predicted molar refractivity (Wildman–Crippen MR) is 159 cm³/mol. The summed E-state index contributed by atoms with van der Waals surface area (Å²) < 4.78 is 31.9. The zero-order chi connectivity index (χ0) is 29.0. The highest BCUT2D eigenvalue weighted by Crippen LogP contribution is 2.33. The molecule has 0 spiro atoms. The molecule has 5 atom stereocenters. The molecule has 1 aliphatic heterocycles. The predicted octanol–water partition coefficient (Wildman–Crippen LogP) is 5.42. The molecule has 1 aliphatic carbocycles. The Bertz CT molecular complexity index is 1140. The maximum absolute atomic E-state index is 11.6. The molecule has 226 valence electrons. The first kappa shape index (κ1) is 30.8. The topological polar surface area (TPSA) is 86.6 Å². The normalized spacial score (nSPS) is 28.0. The lowest BCUT2D eigenvalue weighted by Crippen LogP contribution is -2.61. The molecule has 1 saturated carbocycles. The van der Waals surface area contributed by atoms with Crippen LogP contribution >= 0.6 is 0 Å². The molecule has 0 radical (unpaired) electrons. The van der Waals surface area contributed by atoms with Gasteiger partial charge in [-0.3, -0.25) is 0 Å². The van der Waals surface area contributed by atoms with Crippen molar-refractivity contribution in [3.8, 4) is 0 Å². The summed E-state index contributed by atoms with van der Waals surface area (Å²) in [5, 5.41) is 21.0. The van der Waals surface area contributed by atoms with E-state index < -0.39 is 30.7 Å². The van der Waals surface area contributed by atoms with Gasteiger partial charge in [-0.25, -0.2) is 0 Å². The van der Waals surface area contributed by atoms with Crippen LogP contribution in [0.4, 0.5) is 0 Å². The van der Waals surface area contributed by atoms with Crippen molar-refractivity contribution >= 4 is 0 Å². The van der Waals surface area contributed by atoms with E-state index in [-0.39, 0.29) is 19.3 Å². The van der Waals surface area contributed by atoms with E-state index >= 15 is 0 Å². The van der Waals surface area contributed by atoms with Crippen LogP contribution < -0.4 is 0 Å². The van der Waals surface area contributed by atoms with Crippen LogP contribution in [-0.4, -0.2) is 60.2 Å². The highest BCUT2D eigenvalue weighted by molar-refractivity contribution is 5.15. The van der Waals surface area contributed by atoms with Crippen molar-refractivity contribution in [3.05, 3.63) is 108 Å². The second-order valence-electron chi connectivity index (χ2n) is 11.3. The summed E-state index contributed by atoms with van der Waals surface area (Å²) in [4.78, 5) is 0. The van der Waals surface area contributed by atoms with E-state index in [0.717, 1.165) is 48.8 Å². The monoisotopic (exact) mass is 576 g/mol. The molecule has 0 unspecified atom stereocenters. The van der Waals surface area contributed by atoms with E-state index in [9.17, 15) is 10.2 Å². The SMILES string of the molecule is OCCC1CCC(O[C@H]2O[C@H](COCc3ccccc3)[C@@H](OCc3ccccc3)[C@H](OCc3ccccc3)[C@H]2O)CC1. The van der Waals surface area contributed by atoms with Crippen LogP contribution in [0.2, 0.25) is 0 Å². The second kappa shape index (κ2) is 16.3. The smallest absolute Gasteiger partial charge is 0.186 e. The van der Waals surface area contributed by atoms with Gasteiger partial charge in [0.2, 0.25) is 0 Å². The molecule has 0 amide bonds. The number of hydrogen-bond acceptors (Lipinski definition) is 7. The molecule has 5 rings (SSSR count). The standard InChI is InChI=1S/C35H44O7/c36-21-20-26-16-18-30(19-17-26)41-35-32(37)34(40-24-29-14-8-3-9-15-29)33(39-23-28-12-6-2-7-13-28)31(42-35)25-38-22-27-10-4-1-5-11-27/h1-15,26,30-37H,16-25H2/t26?,30?,31-,32-,33-,34-,35+/m1/s1. The van der Waals surface area contributed by atoms with Crippen molar-refractivity contribution in [1.29, 1.82) is 0 Å². The third-order valence-electron chi connectivity index (χ3n) is 8.24. The van der Waals surface area contributed by atoms with E-state index in [1.165, 1.54) is 0 Å². The van der Waals surface area contributed by atoms with E-state index in [1.807, 2.05) is 91.0 Å². The van der Waals surface area contributed by atoms with Crippen molar-refractivity contribution in [2.75, 3.05) is 13.2 Å². The third-order valence-corrected chi connectivity index (χ3v) is 8.24. The molecule has 2 N–H and O–H groups in total. The average molecular weight is 577 g/mol. The Kier molecular flexibility index (Phi) is 12.0. The van der Waals surface area contributed by atoms with Crippen LogP contribution in [0.1, 0.15) is 48.8 Å². The zero-order valence-corrected chi connectivity index (χ0v) is 24.2. The molecule has 3 aromatic carbocycles. The quantitative estimate of drug-likeness (QED) is 0.265. The molecule has 42 heavy (non-hydrogen) atoms. The van der Waals surface area contributed by atoms with Gasteiger partial charge in [-0.2, -0.15) is 0 Å². The van der Waals surface area contributed by atoms with Gasteiger partial charge in [0.15, 0.2) is 6.29 Å². The van der Waals surface area contributed by atoms with Crippen LogP contribution in [-0.2, 0) is 43.5 Å². The van der Waals surface area contributed by atoms with Crippen LogP contribution in [0.5, 0.6) is 0 Å². The van der Waals surface area contributed by atoms with Gasteiger partial charge in [-0.05, 0) is 54.7 Å². The molecule has 7 nitrogen and oxygen atoms in total. The number of aliphatic hydroxyl groups excluding tert-OH is 2. The Balaban J connectivity index is 1.32. The number of ether oxygens (including phenoxy) is 5. The summed E-state index contributed by atoms with van der Waals surface area (Å²) in [7, 11) is 0. The van der Waals surface area contributed by atoms with Gasteiger partial charge in [0, 0.05) is 6.61 Å². The minimum atomic E-state index is -1.05. The molecule has 7 heteroatoms. The van der Waals surface area contributed by atoms with E-state index in [0.29, 0.717) is 25.7 Å². The largest absolute Gasteiger partial charge is 0.396 e. The van der Waals surface area contributed by atoms with Crippen molar-refractivity contribution in [2.24, 2.45) is 5.92 Å². The molecule has 0 bridgehead atoms. The summed E-state index contributed by atoms with van der Waals surface area (Å²) >= 11 is 0. The van der Waals surface area contributed by atoms with Gasteiger partial charge in [-0.15, -0.1) is 0 Å². The Morgan fingerprint density at radius 2 is 1.19 bits per heavy atom. The summed E-state index contributed by atoms with van der Waals surface area (Å²) in [5.74, 6) is 0.518. The lowest BCUT2D eigenvalue weighted by atomic mass is 9.85. The van der Waals surface area contributed by atoms with Gasteiger partial charge in [0.25, 0.3) is 0 Å². The zero-order valence-electron chi connectivity index (χ0n) is 24.2. The number of aliphatic hydroxyl groups is 2. The number of rotatable bonds is 14. The van der Waals surface area contributed by atoms with Crippen LogP contribution in [0.25, 0.3) is 0 Å². The van der Waals surface area contributed by atoms with Crippen LogP contribution in [0.15, 0.2) is 91.0 Å². The average Bonchev–Trinajstić information content (AvgIpc) is 3.03. The highest BCUT2D eigenvalue weighted by Gasteiger charge is 2.48. The van der Waals surface area contributed by atoms with E-state index in [4.69, 9.17) is 23.7 Å². The van der Waals surface area contributed by atoms with Crippen molar-refractivity contribution in [2.45, 2.75) is 88.7 Å². The first-order chi connectivity index (χ1) is 20.7. The third kappa shape index (κ3) is 8.94. The fourth-order valence-electron chi connectivity index (χ4n) is 5.86. The fraction of sp³-hybridized carbons (Fsp3) is 0.486.